The summed E-state index contributed by atoms with van der Waals surface area (Å²) in [6.07, 6.45) is 2.80. The Balaban J connectivity index is 1.63. The van der Waals surface area contributed by atoms with Gasteiger partial charge in [-0.25, -0.2) is 0 Å². The normalized spacial score (nSPS) is 18.2. The molecule has 0 radical (unpaired) electrons. The van der Waals surface area contributed by atoms with Crippen molar-refractivity contribution in [1.82, 2.24) is 9.88 Å². The molecule has 3 aromatic rings. The van der Waals surface area contributed by atoms with Crippen LogP contribution in [-0.2, 0) is 6.18 Å². The number of benzene rings is 2. The lowest BCUT2D eigenvalue weighted by Crippen LogP contribution is -2.37. The lowest BCUT2D eigenvalue weighted by Gasteiger charge is -2.42. The third-order valence-electron chi connectivity index (χ3n) is 6.84. The minimum atomic E-state index is -4.31. The van der Waals surface area contributed by atoms with E-state index in [2.05, 4.69) is 48.0 Å². The van der Waals surface area contributed by atoms with E-state index in [4.69, 9.17) is 0 Å². The standard InChI is InChI=1S/C29H33F3N2/c1-21(2)9-18-28(23-12-10-22(11-13-23)26-7-3-5-19-33-26)34-20-6-4-8-27(34)24-14-16-25(17-15-24)29(30,31)32/h3,5,7,10-17,19,21,27-28H,4,6,8-9,18,20H2,1-2H3/t27-,28+/m1/s1. The van der Waals surface area contributed by atoms with Crippen LogP contribution in [0.15, 0.2) is 72.9 Å². The van der Waals surface area contributed by atoms with E-state index in [1.165, 1.54) is 17.7 Å². The van der Waals surface area contributed by atoms with Crippen molar-refractivity contribution < 1.29 is 13.2 Å². The summed E-state index contributed by atoms with van der Waals surface area (Å²) in [6, 6.07) is 20.8. The average molecular weight is 467 g/mol. The summed E-state index contributed by atoms with van der Waals surface area (Å²) in [6.45, 7) is 5.44. The van der Waals surface area contributed by atoms with Gasteiger partial charge >= 0.3 is 6.18 Å². The van der Waals surface area contributed by atoms with Gasteiger partial charge in [-0.3, -0.25) is 9.88 Å². The Bertz CT molecular complexity index is 1030. The maximum Gasteiger partial charge on any atom is 0.416 e. The van der Waals surface area contributed by atoms with Crippen molar-refractivity contribution in [3.63, 3.8) is 0 Å². The van der Waals surface area contributed by atoms with E-state index in [-0.39, 0.29) is 12.1 Å². The summed E-state index contributed by atoms with van der Waals surface area (Å²) in [7, 11) is 0. The van der Waals surface area contributed by atoms with Gasteiger partial charge in [-0.1, -0.05) is 62.7 Å². The van der Waals surface area contributed by atoms with Crippen LogP contribution < -0.4 is 0 Å². The third-order valence-corrected chi connectivity index (χ3v) is 6.84. The van der Waals surface area contributed by atoms with Crippen LogP contribution in [0.2, 0.25) is 0 Å². The number of hydrogen-bond donors (Lipinski definition) is 0. The van der Waals surface area contributed by atoms with Crippen molar-refractivity contribution in [2.24, 2.45) is 5.92 Å². The van der Waals surface area contributed by atoms with Crippen LogP contribution in [0.4, 0.5) is 13.2 Å². The number of rotatable bonds is 7. The molecule has 0 saturated carbocycles. The number of likely N-dealkylation sites (tertiary alicyclic amines) is 1. The highest BCUT2D eigenvalue weighted by molar-refractivity contribution is 5.59. The minimum Gasteiger partial charge on any atom is -0.289 e. The fraction of sp³-hybridized carbons (Fsp3) is 0.414. The first-order valence-corrected chi connectivity index (χ1v) is 12.3. The van der Waals surface area contributed by atoms with Crippen molar-refractivity contribution in [2.45, 2.75) is 64.2 Å². The average Bonchev–Trinajstić information content (AvgIpc) is 2.85. The highest BCUT2D eigenvalue weighted by Gasteiger charge is 2.33. The van der Waals surface area contributed by atoms with Crippen molar-refractivity contribution in [2.75, 3.05) is 6.54 Å². The quantitative estimate of drug-likeness (QED) is 0.347. The summed E-state index contributed by atoms with van der Waals surface area (Å²) >= 11 is 0. The molecule has 5 heteroatoms. The number of aromatic nitrogens is 1. The Morgan fingerprint density at radius 1 is 0.912 bits per heavy atom. The van der Waals surface area contributed by atoms with Gasteiger partial charge in [-0.15, -0.1) is 0 Å². The van der Waals surface area contributed by atoms with Crippen molar-refractivity contribution in [3.8, 4) is 11.3 Å². The van der Waals surface area contributed by atoms with E-state index >= 15 is 0 Å². The SMILES string of the molecule is CC(C)CC[C@@H](c1ccc(-c2ccccn2)cc1)N1CCCC[C@@H]1c1ccc(C(F)(F)F)cc1. The number of nitrogens with zero attached hydrogens (tertiary/aromatic N) is 2. The molecule has 0 spiro atoms. The molecule has 2 nitrogen and oxygen atoms in total. The van der Waals surface area contributed by atoms with Gasteiger partial charge in [0, 0.05) is 23.8 Å². The number of piperidine rings is 1. The first kappa shape index (κ1) is 24.5. The molecule has 0 amide bonds. The van der Waals surface area contributed by atoms with Crippen LogP contribution in [0, 0.1) is 5.92 Å². The molecule has 2 aromatic carbocycles. The van der Waals surface area contributed by atoms with Crippen LogP contribution in [-0.4, -0.2) is 16.4 Å². The smallest absolute Gasteiger partial charge is 0.289 e. The van der Waals surface area contributed by atoms with Gasteiger partial charge in [-0.05, 0) is 73.5 Å². The zero-order valence-corrected chi connectivity index (χ0v) is 19.9. The molecule has 180 valence electrons. The van der Waals surface area contributed by atoms with E-state index < -0.39 is 11.7 Å². The number of alkyl halides is 3. The van der Waals surface area contributed by atoms with Crippen molar-refractivity contribution >= 4 is 0 Å². The molecule has 1 aliphatic heterocycles. The van der Waals surface area contributed by atoms with Gasteiger partial charge in [0.25, 0.3) is 0 Å². The molecule has 0 unspecified atom stereocenters. The fourth-order valence-corrected chi connectivity index (χ4v) is 5.00. The molecule has 1 aliphatic rings. The summed E-state index contributed by atoms with van der Waals surface area (Å²) in [4.78, 5) is 6.99. The molecule has 0 N–H and O–H groups in total. The van der Waals surface area contributed by atoms with E-state index in [1.54, 1.807) is 18.3 Å². The molecule has 2 heterocycles. The largest absolute Gasteiger partial charge is 0.416 e. The number of hydrogen-bond acceptors (Lipinski definition) is 2. The fourth-order valence-electron chi connectivity index (χ4n) is 5.00. The Morgan fingerprint density at radius 3 is 2.26 bits per heavy atom. The van der Waals surface area contributed by atoms with Crippen LogP contribution >= 0.6 is 0 Å². The molecule has 0 aliphatic carbocycles. The first-order chi connectivity index (χ1) is 16.3. The number of pyridine rings is 1. The summed E-state index contributed by atoms with van der Waals surface area (Å²) in [5, 5.41) is 0. The monoisotopic (exact) mass is 466 g/mol. The van der Waals surface area contributed by atoms with Crippen molar-refractivity contribution in [3.05, 3.63) is 89.6 Å². The molecule has 1 aromatic heterocycles. The maximum atomic E-state index is 13.1. The molecular weight excluding hydrogens is 433 g/mol. The summed E-state index contributed by atoms with van der Waals surface area (Å²) in [5.74, 6) is 0.588. The van der Waals surface area contributed by atoms with E-state index in [9.17, 15) is 13.2 Å². The third kappa shape index (κ3) is 5.87. The predicted octanol–water partition coefficient (Wildman–Crippen LogP) is 8.47. The zero-order valence-electron chi connectivity index (χ0n) is 19.9. The second kappa shape index (κ2) is 10.7. The predicted molar refractivity (Wildman–Crippen MR) is 131 cm³/mol. The van der Waals surface area contributed by atoms with Crippen LogP contribution in [0.3, 0.4) is 0 Å². The van der Waals surface area contributed by atoms with Crippen LogP contribution in [0.25, 0.3) is 11.3 Å². The van der Waals surface area contributed by atoms with Gasteiger partial charge in [0.15, 0.2) is 0 Å². The minimum absolute atomic E-state index is 0.128. The Hall–Kier alpha value is -2.66. The summed E-state index contributed by atoms with van der Waals surface area (Å²) in [5.41, 5.74) is 3.70. The van der Waals surface area contributed by atoms with Gasteiger partial charge in [-0.2, -0.15) is 13.2 Å². The van der Waals surface area contributed by atoms with Gasteiger partial charge < -0.3 is 0 Å². The highest BCUT2D eigenvalue weighted by Crippen LogP contribution is 2.41. The zero-order chi connectivity index (χ0) is 24.1. The maximum absolute atomic E-state index is 13.1. The molecule has 4 rings (SSSR count). The molecule has 0 bridgehead atoms. The second-order valence-electron chi connectivity index (χ2n) is 9.69. The Kier molecular flexibility index (Phi) is 7.72. The molecule has 1 saturated heterocycles. The Labute approximate surface area is 200 Å². The van der Waals surface area contributed by atoms with Gasteiger partial charge in [0.1, 0.15) is 0 Å². The molecule has 1 fully saturated rings. The van der Waals surface area contributed by atoms with E-state index in [0.717, 1.165) is 55.5 Å². The lowest BCUT2D eigenvalue weighted by atomic mass is 9.88. The van der Waals surface area contributed by atoms with Crippen LogP contribution in [0.5, 0.6) is 0 Å². The summed E-state index contributed by atoms with van der Waals surface area (Å²) < 4.78 is 39.3. The highest BCUT2D eigenvalue weighted by atomic mass is 19.4. The Morgan fingerprint density at radius 2 is 1.65 bits per heavy atom. The second-order valence-corrected chi connectivity index (χ2v) is 9.69. The molecule has 34 heavy (non-hydrogen) atoms. The van der Waals surface area contributed by atoms with Gasteiger partial charge in [0.2, 0.25) is 0 Å². The first-order valence-electron chi connectivity index (χ1n) is 12.3. The molecular formula is C29H33F3N2. The molecule has 2 atom stereocenters. The topological polar surface area (TPSA) is 16.1 Å². The van der Waals surface area contributed by atoms with E-state index in [0.29, 0.717) is 5.92 Å². The lowest BCUT2D eigenvalue weighted by molar-refractivity contribution is -0.137. The van der Waals surface area contributed by atoms with E-state index in [1.807, 2.05) is 18.2 Å². The van der Waals surface area contributed by atoms with Crippen molar-refractivity contribution in [1.29, 1.82) is 0 Å². The van der Waals surface area contributed by atoms with Gasteiger partial charge in [0.05, 0.1) is 11.3 Å². The number of halogens is 3. The van der Waals surface area contributed by atoms with Crippen LogP contribution in [0.1, 0.15) is 74.7 Å².